The Morgan fingerprint density at radius 2 is 1.38 bits per heavy atom. The van der Waals surface area contributed by atoms with Crippen molar-refractivity contribution in [1.82, 2.24) is 0 Å². The lowest BCUT2D eigenvalue weighted by Crippen LogP contribution is -2.27. The molecule has 0 fully saturated rings. The van der Waals surface area contributed by atoms with Crippen LogP contribution in [0.25, 0.3) is 0 Å². The van der Waals surface area contributed by atoms with Gasteiger partial charge in [-0.05, 0) is 123 Å². The zero-order chi connectivity index (χ0) is 16.1. The topological polar surface area (TPSA) is 37.3 Å². The molecule has 0 aromatic rings. The summed E-state index contributed by atoms with van der Waals surface area (Å²) in [5.41, 5.74) is 0. The van der Waals surface area contributed by atoms with Gasteiger partial charge in [0, 0.05) is 0 Å². The van der Waals surface area contributed by atoms with Crippen molar-refractivity contribution in [3.8, 4) is 0 Å². The summed E-state index contributed by atoms with van der Waals surface area (Å²) in [6.07, 6.45) is 0. The maximum atomic E-state index is 11.0. The Labute approximate surface area is 180 Å². The van der Waals surface area contributed by atoms with Crippen molar-refractivity contribution < 1.29 is 9.90 Å². The van der Waals surface area contributed by atoms with Crippen molar-refractivity contribution in [1.29, 1.82) is 0 Å². The summed E-state index contributed by atoms with van der Waals surface area (Å²) in [7, 11) is 17.9. The first kappa shape index (κ1) is 25.1. The first-order valence-electron chi connectivity index (χ1n) is 4.34. The number of thioether (sulfide) groups is 1. The third kappa shape index (κ3) is 16.0. The molecule has 0 atom stereocenters. The van der Waals surface area contributed by atoms with Crippen LogP contribution in [-0.2, 0) is 4.79 Å². The van der Waals surface area contributed by atoms with E-state index in [1.165, 1.54) is 32.4 Å². The van der Waals surface area contributed by atoms with Crippen molar-refractivity contribution >= 4 is 154 Å². The molecule has 21 heavy (non-hydrogen) atoms. The Balaban J connectivity index is 3.43. The van der Waals surface area contributed by atoms with Gasteiger partial charge in [0.2, 0.25) is 0 Å². The normalized spacial score (nSPS) is 11.6. The highest BCUT2D eigenvalue weighted by Crippen LogP contribution is 2.61. The van der Waals surface area contributed by atoms with Gasteiger partial charge in [-0.3, -0.25) is 4.79 Å². The zero-order valence-corrected chi connectivity index (χ0v) is 21.6. The lowest BCUT2D eigenvalue weighted by atomic mass is 10.2. The fraction of sp³-hybridized carbons (Fsp3) is 0.600. The summed E-state index contributed by atoms with van der Waals surface area (Å²) >= 11 is 10.4. The molecule has 0 aromatic heterocycles. The van der Waals surface area contributed by atoms with Gasteiger partial charge in [-0.2, -0.15) is 0 Å². The van der Waals surface area contributed by atoms with Gasteiger partial charge in [-0.15, -0.1) is 0 Å². The van der Waals surface area contributed by atoms with Gasteiger partial charge >= 0.3 is 5.97 Å². The predicted molar refractivity (Wildman–Crippen MR) is 134 cm³/mol. The van der Waals surface area contributed by atoms with E-state index in [1.807, 2.05) is 0 Å². The van der Waals surface area contributed by atoms with Gasteiger partial charge in [0.1, 0.15) is 8.28 Å². The molecule has 0 radical (unpaired) electrons. The van der Waals surface area contributed by atoms with Crippen molar-refractivity contribution in [3.63, 3.8) is 0 Å². The van der Waals surface area contributed by atoms with E-state index in [2.05, 4.69) is 11.7 Å². The Kier molecular flexibility index (Phi) is 19.5. The maximum Gasteiger partial charge on any atom is 0.319 e. The number of thiocarbonyl (C=S) groups is 1. The summed E-state index contributed by atoms with van der Waals surface area (Å²) in [6.45, 7) is 3.31. The summed E-state index contributed by atoms with van der Waals surface area (Å²) in [4.78, 5) is 11.0. The van der Waals surface area contributed by atoms with Crippen molar-refractivity contribution in [2.75, 3.05) is 0 Å². The van der Waals surface area contributed by atoms with E-state index in [9.17, 15) is 4.79 Å². The SMILES string of the molecule is CC(C)(SC(=S)SSSSSSSSSSSS)C(=O)O. The van der Waals surface area contributed by atoms with Crippen LogP contribution in [0.5, 0.6) is 0 Å². The van der Waals surface area contributed by atoms with Crippen molar-refractivity contribution in [2.24, 2.45) is 0 Å². The first-order chi connectivity index (χ1) is 9.90. The molecular weight excluding hydrogens is 541 g/mol. The number of rotatable bonds is 12. The number of hydrogen-bond acceptors (Lipinski definition) is 15. The van der Waals surface area contributed by atoms with Crippen LogP contribution in [0.4, 0.5) is 0 Å². The molecule has 0 rings (SSSR count). The monoisotopic (exact) mass is 548 g/mol. The molecule has 0 aliphatic heterocycles. The van der Waals surface area contributed by atoms with E-state index in [0.29, 0.717) is 3.53 Å². The minimum Gasteiger partial charge on any atom is -0.480 e. The Hall–Kier alpha value is 4.11. The van der Waals surface area contributed by atoms with Gasteiger partial charge in [0.25, 0.3) is 0 Å². The van der Waals surface area contributed by atoms with Crippen LogP contribution >= 0.6 is 145 Å². The summed E-state index contributed by atoms with van der Waals surface area (Å²) in [5.74, 6) is -0.851. The highest BCUT2D eigenvalue weighted by atomic mass is 34.0. The standard InChI is InChI=1S/C5H8O2S14/c1-5(2,3(6)7)10-4(8)11-13-15-17-19-21-20-18-16-14-12-9/h9H,1-2H3,(H,6,7). The molecule has 0 heterocycles. The third-order valence-corrected chi connectivity index (χ3v) is 25.4. The van der Waals surface area contributed by atoms with Gasteiger partial charge in [-0.25, -0.2) is 0 Å². The molecule has 0 amide bonds. The van der Waals surface area contributed by atoms with Crippen LogP contribution in [-0.4, -0.2) is 19.4 Å². The van der Waals surface area contributed by atoms with Crippen LogP contribution < -0.4 is 0 Å². The fourth-order valence-electron chi connectivity index (χ4n) is 0.402. The third-order valence-electron chi connectivity index (χ3n) is 1.21. The molecule has 0 unspecified atom stereocenters. The van der Waals surface area contributed by atoms with E-state index in [1.54, 1.807) is 102 Å². The van der Waals surface area contributed by atoms with E-state index < -0.39 is 10.7 Å². The van der Waals surface area contributed by atoms with E-state index in [-0.39, 0.29) is 0 Å². The molecule has 0 saturated carbocycles. The molecule has 124 valence electrons. The number of hydrogen-bond donors (Lipinski definition) is 2. The second-order valence-electron chi connectivity index (χ2n) is 2.94. The molecule has 0 bridgehead atoms. The molecule has 0 saturated heterocycles. The average molecular weight is 549 g/mol. The molecule has 0 aliphatic carbocycles. The van der Waals surface area contributed by atoms with Crippen molar-refractivity contribution in [2.45, 2.75) is 18.6 Å². The van der Waals surface area contributed by atoms with Crippen LogP contribution in [0.1, 0.15) is 13.8 Å². The highest BCUT2D eigenvalue weighted by molar-refractivity contribution is 9.54. The highest BCUT2D eigenvalue weighted by Gasteiger charge is 2.29. The number of carboxylic acids is 1. The van der Waals surface area contributed by atoms with Gasteiger partial charge < -0.3 is 5.11 Å². The largest absolute Gasteiger partial charge is 0.480 e. The molecule has 0 aromatic carbocycles. The molecule has 0 aliphatic rings. The quantitative estimate of drug-likeness (QED) is 0.105. The number of aliphatic carboxylic acids is 1. The van der Waals surface area contributed by atoms with Crippen LogP contribution in [0.3, 0.4) is 0 Å². The fourth-order valence-corrected chi connectivity index (χ4v) is 28.1. The lowest BCUT2D eigenvalue weighted by Gasteiger charge is -2.17. The van der Waals surface area contributed by atoms with Gasteiger partial charge in [0.05, 0.1) is 0 Å². The minimum atomic E-state index is -0.873. The Morgan fingerprint density at radius 3 is 1.81 bits per heavy atom. The smallest absolute Gasteiger partial charge is 0.319 e. The van der Waals surface area contributed by atoms with Gasteiger partial charge in [0.15, 0.2) is 0 Å². The molecular formula is C5H8O2S14. The van der Waals surface area contributed by atoms with Gasteiger partial charge in [-0.1, -0.05) is 35.6 Å². The Bertz CT molecular complexity index is 308. The number of carboxylic acid groups (broad SMARTS) is 1. The van der Waals surface area contributed by atoms with Crippen molar-refractivity contribution in [3.05, 3.63) is 0 Å². The van der Waals surface area contributed by atoms with E-state index >= 15 is 0 Å². The summed E-state index contributed by atoms with van der Waals surface area (Å²) in [5, 5.41) is 9.01. The number of carbonyl (C=O) groups is 1. The second kappa shape index (κ2) is 16.3. The van der Waals surface area contributed by atoms with E-state index in [0.717, 1.165) is 0 Å². The van der Waals surface area contributed by atoms with Crippen LogP contribution in [0.2, 0.25) is 0 Å². The summed E-state index contributed by atoms with van der Waals surface area (Å²) in [6, 6.07) is 0. The molecule has 16 heteroatoms. The minimum absolute atomic E-state index is 0.640. The average Bonchev–Trinajstić information content (AvgIpc) is 2.40. The van der Waals surface area contributed by atoms with Crippen LogP contribution in [0.15, 0.2) is 0 Å². The van der Waals surface area contributed by atoms with Crippen LogP contribution in [0, 0.1) is 0 Å². The van der Waals surface area contributed by atoms with E-state index in [4.69, 9.17) is 17.3 Å². The summed E-state index contributed by atoms with van der Waals surface area (Å²) < 4.78 is -0.234. The maximum absolute atomic E-state index is 11.0. The second-order valence-corrected chi connectivity index (χ2v) is 24.7. The Morgan fingerprint density at radius 1 is 0.952 bits per heavy atom. The molecule has 2 nitrogen and oxygen atoms in total. The molecule has 0 spiro atoms. The first-order valence-corrected chi connectivity index (χ1v) is 20.8. The predicted octanol–water partition coefficient (Wildman–Crippen LogP) is 8.93. The zero-order valence-electron chi connectivity index (χ0n) is 10.1. The number of thiol groups is 1. The molecule has 1 N–H and O–H groups in total. The lowest BCUT2D eigenvalue weighted by molar-refractivity contribution is -0.138.